The van der Waals surface area contributed by atoms with Crippen molar-refractivity contribution in [3.63, 3.8) is 0 Å². The molecule has 1 aromatic heterocycles. The van der Waals surface area contributed by atoms with Gasteiger partial charge in [-0.3, -0.25) is 0 Å². The summed E-state index contributed by atoms with van der Waals surface area (Å²) in [7, 11) is 3.44. The van der Waals surface area contributed by atoms with Crippen molar-refractivity contribution < 1.29 is 4.74 Å². The zero-order valence-corrected chi connectivity index (χ0v) is 12.3. The molecule has 0 aliphatic carbocycles. The molecule has 19 heavy (non-hydrogen) atoms. The molecule has 4 nitrogen and oxygen atoms in total. The number of methoxy groups -OCH3 is 1. The Morgan fingerprint density at radius 3 is 2.79 bits per heavy atom. The van der Waals surface area contributed by atoms with E-state index in [1.165, 1.54) is 11.8 Å². The van der Waals surface area contributed by atoms with Gasteiger partial charge in [0.2, 0.25) is 0 Å². The lowest BCUT2D eigenvalue weighted by molar-refractivity contribution is 0.177. The topological polar surface area (TPSA) is 47.0 Å². The standard InChI is InChI=1S/C13H14ClN3OS/c1-15-11-7-13(17-12(16-11)8-18-2)19-10-6-4-3-5-9(10)14/h3-7H,8H2,1-2H3,(H,15,16,17). The van der Waals surface area contributed by atoms with Crippen molar-refractivity contribution in [3.05, 3.63) is 41.2 Å². The van der Waals surface area contributed by atoms with E-state index in [-0.39, 0.29) is 0 Å². The molecule has 1 aromatic carbocycles. The molecule has 2 aromatic rings. The van der Waals surface area contributed by atoms with Gasteiger partial charge in [0.15, 0.2) is 5.82 Å². The largest absolute Gasteiger partial charge is 0.377 e. The maximum atomic E-state index is 6.14. The normalized spacial score (nSPS) is 10.5. The molecule has 0 radical (unpaired) electrons. The van der Waals surface area contributed by atoms with Gasteiger partial charge >= 0.3 is 0 Å². The van der Waals surface area contributed by atoms with Crippen LogP contribution >= 0.6 is 23.4 Å². The molecule has 0 aliphatic heterocycles. The summed E-state index contributed by atoms with van der Waals surface area (Å²) in [5.74, 6) is 1.40. The molecular weight excluding hydrogens is 282 g/mol. The van der Waals surface area contributed by atoms with Crippen LogP contribution in [0.4, 0.5) is 5.82 Å². The molecule has 0 atom stereocenters. The second kappa shape index (κ2) is 6.75. The number of anilines is 1. The van der Waals surface area contributed by atoms with E-state index in [4.69, 9.17) is 16.3 Å². The van der Waals surface area contributed by atoms with Crippen LogP contribution in [-0.2, 0) is 11.3 Å². The van der Waals surface area contributed by atoms with Crippen LogP contribution in [0.5, 0.6) is 0 Å². The van der Waals surface area contributed by atoms with E-state index < -0.39 is 0 Å². The third-order valence-electron chi connectivity index (χ3n) is 2.33. The van der Waals surface area contributed by atoms with Crippen molar-refractivity contribution >= 4 is 29.2 Å². The molecule has 100 valence electrons. The Bertz CT molecular complexity index is 565. The van der Waals surface area contributed by atoms with Gasteiger partial charge < -0.3 is 10.1 Å². The van der Waals surface area contributed by atoms with Crippen LogP contribution in [-0.4, -0.2) is 24.1 Å². The van der Waals surface area contributed by atoms with Crippen molar-refractivity contribution in [2.45, 2.75) is 16.5 Å². The number of hydrogen-bond acceptors (Lipinski definition) is 5. The molecule has 0 spiro atoms. The van der Waals surface area contributed by atoms with Gasteiger partial charge in [0.1, 0.15) is 17.5 Å². The number of benzene rings is 1. The smallest absolute Gasteiger partial charge is 0.157 e. The van der Waals surface area contributed by atoms with E-state index in [0.29, 0.717) is 17.5 Å². The first-order valence-electron chi connectivity index (χ1n) is 5.70. The van der Waals surface area contributed by atoms with Crippen molar-refractivity contribution in [1.82, 2.24) is 9.97 Å². The lowest BCUT2D eigenvalue weighted by atomic mass is 10.4. The summed E-state index contributed by atoms with van der Waals surface area (Å²) < 4.78 is 5.07. The number of hydrogen-bond donors (Lipinski definition) is 1. The first-order valence-corrected chi connectivity index (χ1v) is 6.89. The molecule has 0 bridgehead atoms. The SMILES string of the molecule is CNc1cc(Sc2ccccc2Cl)nc(COC)n1. The van der Waals surface area contributed by atoms with E-state index in [9.17, 15) is 0 Å². The predicted octanol–water partition coefficient (Wildman–Crippen LogP) is 3.47. The number of nitrogens with zero attached hydrogens (tertiary/aromatic N) is 2. The number of aromatic nitrogens is 2. The summed E-state index contributed by atoms with van der Waals surface area (Å²) in [6.07, 6.45) is 0. The highest BCUT2D eigenvalue weighted by Crippen LogP contribution is 2.32. The fourth-order valence-corrected chi connectivity index (χ4v) is 2.60. The fraction of sp³-hybridized carbons (Fsp3) is 0.231. The van der Waals surface area contributed by atoms with Crippen LogP contribution in [0.25, 0.3) is 0 Å². The van der Waals surface area contributed by atoms with Crippen LogP contribution in [0.1, 0.15) is 5.82 Å². The molecule has 1 heterocycles. The number of nitrogens with one attached hydrogen (secondary N) is 1. The Kier molecular flexibility index (Phi) is 5.01. The number of halogens is 1. The minimum absolute atomic E-state index is 0.381. The van der Waals surface area contributed by atoms with Crippen LogP contribution < -0.4 is 5.32 Å². The van der Waals surface area contributed by atoms with Crippen LogP contribution in [0.2, 0.25) is 5.02 Å². The third kappa shape index (κ3) is 3.83. The lowest BCUT2D eigenvalue weighted by Gasteiger charge is -2.08. The van der Waals surface area contributed by atoms with Crippen molar-refractivity contribution in [3.8, 4) is 0 Å². The second-order valence-corrected chi connectivity index (χ2v) is 5.19. The van der Waals surface area contributed by atoms with Crippen molar-refractivity contribution in [1.29, 1.82) is 0 Å². The Balaban J connectivity index is 2.29. The van der Waals surface area contributed by atoms with Crippen LogP contribution in [0, 0.1) is 0 Å². The van der Waals surface area contributed by atoms with E-state index in [0.717, 1.165) is 15.7 Å². The van der Waals surface area contributed by atoms with E-state index >= 15 is 0 Å². The summed E-state index contributed by atoms with van der Waals surface area (Å²) >= 11 is 7.65. The molecule has 2 rings (SSSR count). The maximum absolute atomic E-state index is 6.14. The summed E-state index contributed by atoms with van der Waals surface area (Å²) in [6, 6.07) is 9.56. The highest BCUT2D eigenvalue weighted by atomic mass is 35.5. The Labute approximate surface area is 121 Å². The van der Waals surface area contributed by atoms with Crippen molar-refractivity contribution in [2.24, 2.45) is 0 Å². The van der Waals surface area contributed by atoms with Gasteiger partial charge in [-0.25, -0.2) is 9.97 Å². The molecule has 0 unspecified atom stereocenters. The minimum atomic E-state index is 0.381. The Morgan fingerprint density at radius 2 is 2.11 bits per heavy atom. The Morgan fingerprint density at radius 1 is 1.32 bits per heavy atom. The first-order chi connectivity index (χ1) is 9.22. The minimum Gasteiger partial charge on any atom is -0.377 e. The molecule has 0 saturated heterocycles. The second-order valence-electron chi connectivity index (χ2n) is 3.72. The molecule has 1 N–H and O–H groups in total. The van der Waals surface area contributed by atoms with Crippen molar-refractivity contribution in [2.75, 3.05) is 19.5 Å². The predicted molar refractivity (Wildman–Crippen MR) is 77.9 cm³/mol. The van der Waals surface area contributed by atoms with E-state index in [2.05, 4.69) is 15.3 Å². The van der Waals surface area contributed by atoms with Gasteiger partial charge in [0, 0.05) is 25.1 Å². The first kappa shape index (κ1) is 14.1. The highest BCUT2D eigenvalue weighted by Gasteiger charge is 2.07. The zero-order valence-electron chi connectivity index (χ0n) is 10.7. The molecular formula is C13H14ClN3OS. The average Bonchev–Trinajstić information content (AvgIpc) is 2.41. The van der Waals surface area contributed by atoms with Gasteiger partial charge in [-0.2, -0.15) is 0 Å². The number of rotatable bonds is 5. The van der Waals surface area contributed by atoms with E-state index in [1.807, 2.05) is 37.4 Å². The summed E-state index contributed by atoms with van der Waals surface area (Å²) in [5.41, 5.74) is 0. The number of ether oxygens (including phenoxy) is 1. The monoisotopic (exact) mass is 295 g/mol. The van der Waals surface area contributed by atoms with Crippen LogP contribution in [0.3, 0.4) is 0 Å². The third-order valence-corrected chi connectivity index (χ3v) is 3.77. The lowest BCUT2D eigenvalue weighted by Crippen LogP contribution is -2.02. The van der Waals surface area contributed by atoms with Gasteiger partial charge in [0.05, 0.1) is 5.02 Å². The molecule has 0 aliphatic rings. The molecule has 0 amide bonds. The van der Waals surface area contributed by atoms with Gasteiger partial charge in [-0.1, -0.05) is 35.5 Å². The Hall–Kier alpha value is -1.30. The van der Waals surface area contributed by atoms with Gasteiger partial charge in [-0.15, -0.1) is 0 Å². The maximum Gasteiger partial charge on any atom is 0.157 e. The zero-order chi connectivity index (χ0) is 13.7. The fourth-order valence-electron chi connectivity index (χ4n) is 1.49. The molecule has 0 fully saturated rings. The summed E-state index contributed by atoms with van der Waals surface area (Å²) in [6.45, 7) is 0.381. The molecule has 6 heteroatoms. The average molecular weight is 296 g/mol. The molecule has 0 saturated carbocycles. The van der Waals surface area contributed by atoms with Crippen LogP contribution in [0.15, 0.2) is 40.3 Å². The summed E-state index contributed by atoms with van der Waals surface area (Å²) in [5, 5.41) is 4.56. The van der Waals surface area contributed by atoms with E-state index in [1.54, 1.807) is 7.11 Å². The van der Waals surface area contributed by atoms with Gasteiger partial charge in [-0.05, 0) is 12.1 Å². The quantitative estimate of drug-likeness (QED) is 0.856. The van der Waals surface area contributed by atoms with Gasteiger partial charge in [0.25, 0.3) is 0 Å². The summed E-state index contributed by atoms with van der Waals surface area (Å²) in [4.78, 5) is 9.71. The highest BCUT2D eigenvalue weighted by molar-refractivity contribution is 7.99.